The van der Waals surface area contributed by atoms with E-state index in [9.17, 15) is 14.3 Å². The highest BCUT2D eigenvalue weighted by atomic mass is 32.2. The number of carbonyl (C=O) groups excluding carboxylic acids is 1. The first-order valence-corrected chi connectivity index (χ1v) is 16.4. The van der Waals surface area contributed by atoms with Crippen LogP contribution in [0.1, 0.15) is 25.8 Å². The summed E-state index contributed by atoms with van der Waals surface area (Å²) in [4.78, 5) is 21.4. The smallest absolute Gasteiger partial charge is 0.245 e. The molecule has 0 aromatic carbocycles. The number of likely N-dealkylation sites (tertiary alicyclic amines) is 1. The van der Waals surface area contributed by atoms with Crippen molar-refractivity contribution < 1.29 is 9.00 Å². The van der Waals surface area contributed by atoms with Crippen molar-refractivity contribution in [1.29, 1.82) is 5.26 Å². The van der Waals surface area contributed by atoms with Crippen LogP contribution in [-0.4, -0.2) is 90.1 Å². The Labute approximate surface area is 242 Å². The molecule has 6 rings (SSSR count). The minimum atomic E-state index is -2.30. The van der Waals surface area contributed by atoms with Gasteiger partial charge >= 0.3 is 0 Å². The van der Waals surface area contributed by atoms with Crippen LogP contribution in [0.15, 0.2) is 41.0 Å². The molecular formula is C27H30N10O2S2. The van der Waals surface area contributed by atoms with E-state index < -0.39 is 9.73 Å². The van der Waals surface area contributed by atoms with Gasteiger partial charge in [-0.1, -0.05) is 11.3 Å². The van der Waals surface area contributed by atoms with E-state index in [1.807, 2.05) is 29.3 Å². The minimum absolute atomic E-state index is 0.0428. The normalized spacial score (nSPS) is 18.3. The van der Waals surface area contributed by atoms with E-state index >= 15 is 0 Å². The van der Waals surface area contributed by atoms with Gasteiger partial charge in [0.25, 0.3) is 0 Å². The van der Waals surface area contributed by atoms with Crippen molar-refractivity contribution in [3.8, 4) is 28.0 Å². The van der Waals surface area contributed by atoms with Crippen LogP contribution < -0.4 is 10.2 Å². The first kappa shape index (κ1) is 27.1. The zero-order chi connectivity index (χ0) is 28.9. The average Bonchev–Trinajstić information content (AvgIpc) is 3.58. The fourth-order valence-electron chi connectivity index (χ4n) is 5.32. The van der Waals surface area contributed by atoms with E-state index in [-0.39, 0.29) is 30.6 Å². The highest BCUT2D eigenvalue weighted by Crippen LogP contribution is 2.42. The van der Waals surface area contributed by atoms with Crippen molar-refractivity contribution >= 4 is 43.3 Å². The number of carbonyl (C=O) groups is 1. The number of piperidine rings is 1. The Morgan fingerprint density at radius 1 is 1.22 bits per heavy atom. The highest BCUT2D eigenvalue weighted by molar-refractivity contribution is 7.92. The van der Waals surface area contributed by atoms with Gasteiger partial charge in [0, 0.05) is 53.3 Å². The molecule has 14 heteroatoms. The second-order valence-electron chi connectivity index (χ2n) is 10.9. The van der Waals surface area contributed by atoms with Gasteiger partial charge in [-0.25, -0.2) is 8.88 Å². The lowest BCUT2D eigenvalue weighted by Crippen LogP contribution is -2.70. The number of anilines is 2. The van der Waals surface area contributed by atoms with Crippen molar-refractivity contribution in [1.82, 2.24) is 29.7 Å². The molecule has 41 heavy (non-hydrogen) atoms. The molecule has 12 nitrogen and oxygen atoms in total. The fourth-order valence-corrected chi connectivity index (χ4v) is 6.75. The molecule has 0 radical (unpaired) electrons. The van der Waals surface area contributed by atoms with Gasteiger partial charge in [-0.05, 0) is 44.5 Å². The monoisotopic (exact) mass is 590 g/mol. The molecule has 2 bridgehead atoms. The number of nitriles is 1. The minimum Gasteiger partial charge on any atom is -0.382 e. The number of rotatable bonds is 7. The van der Waals surface area contributed by atoms with Crippen molar-refractivity contribution in [2.45, 2.75) is 38.4 Å². The maximum atomic E-state index is 12.6. The lowest BCUT2D eigenvalue weighted by atomic mass is 9.88. The first-order valence-electron chi connectivity index (χ1n) is 13.3. The van der Waals surface area contributed by atoms with E-state index in [2.05, 4.69) is 49.8 Å². The third-order valence-corrected chi connectivity index (χ3v) is 8.88. The average molecular weight is 591 g/mol. The molecule has 2 saturated heterocycles. The van der Waals surface area contributed by atoms with Gasteiger partial charge in [-0.15, -0.1) is 10.2 Å². The Morgan fingerprint density at radius 3 is 2.71 bits per heavy atom. The lowest BCUT2D eigenvalue weighted by Gasteiger charge is -2.56. The summed E-state index contributed by atoms with van der Waals surface area (Å²) in [6.45, 7) is 5.31. The van der Waals surface area contributed by atoms with Gasteiger partial charge in [-0.3, -0.25) is 14.0 Å². The second kappa shape index (κ2) is 10.4. The van der Waals surface area contributed by atoms with E-state index in [1.54, 1.807) is 29.3 Å². The number of hydrogen-bond donors (Lipinski definition) is 1. The van der Waals surface area contributed by atoms with Crippen LogP contribution in [-0.2, 0) is 14.5 Å². The number of amides is 1. The maximum absolute atomic E-state index is 12.6. The standard InChI is InChI=1S/C27H30N10O2S2/c1-16(2)32-22-9-23(24-6-5-18-7-17(10-28)11-30-37(18)24)29-12-21(22)26-33-34-27(40-26)36-19-8-20(36)15-35(14-19)25(38)13-31-41(3,4)39/h5-7,9,11-12,16,19-20H,8,13-15H2,1-4H3,(H,29,32). The molecule has 212 valence electrons. The predicted octanol–water partition coefficient (Wildman–Crippen LogP) is 3.12. The van der Waals surface area contributed by atoms with Gasteiger partial charge in [0.1, 0.15) is 12.6 Å². The Balaban J connectivity index is 1.24. The van der Waals surface area contributed by atoms with Crippen LogP contribution in [0, 0.1) is 11.3 Å². The number of nitrogens with zero attached hydrogens (tertiary/aromatic N) is 9. The molecule has 0 aliphatic carbocycles. The van der Waals surface area contributed by atoms with E-state index in [0.717, 1.165) is 44.7 Å². The highest BCUT2D eigenvalue weighted by Gasteiger charge is 2.47. The predicted molar refractivity (Wildman–Crippen MR) is 159 cm³/mol. The number of fused-ring (bicyclic) bond motifs is 3. The first-order chi connectivity index (χ1) is 19.6. The van der Waals surface area contributed by atoms with Crippen molar-refractivity contribution in [2.75, 3.05) is 42.4 Å². The number of hydrogen-bond acceptors (Lipinski definition) is 11. The summed E-state index contributed by atoms with van der Waals surface area (Å²) >= 11 is 1.52. The summed E-state index contributed by atoms with van der Waals surface area (Å²) in [5, 5.41) is 27.8. The van der Waals surface area contributed by atoms with Gasteiger partial charge in [-0.2, -0.15) is 10.4 Å². The number of pyridine rings is 1. The molecule has 2 atom stereocenters. The van der Waals surface area contributed by atoms with Crippen LogP contribution in [0.25, 0.3) is 27.5 Å². The molecular weight excluding hydrogens is 560 g/mol. The van der Waals surface area contributed by atoms with Crippen LogP contribution in [0.4, 0.5) is 10.8 Å². The summed E-state index contributed by atoms with van der Waals surface area (Å²) in [5.41, 5.74) is 4.64. The van der Waals surface area contributed by atoms with E-state index in [0.29, 0.717) is 18.7 Å². The molecule has 1 amide bonds. The third-order valence-electron chi connectivity index (χ3n) is 7.16. The quantitative estimate of drug-likeness (QED) is 0.343. The van der Waals surface area contributed by atoms with Crippen LogP contribution in [0.2, 0.25) is 0 Å². The third kappa shape index (κ3) is 5.34. The van der Waals surface area contributed by atoms with Crippen molar-refractivity contribution in [3.63, 3.8) is 0 Å². The Hall–Kier alpha value is -4.09. The Morgan fingerprint density at radius 2 is 2.00 bits per heavy atom. The molecule has 2 fully saturated rings. The molecule has 2 aliphatic rings. The molecule has 0 saturated carbocycles. The van der Waals surface area contributed by atoms with Gasteiger partial charge in [0.15, 0.2) is 5.01 Å². The number of piperazine rings is 1. The molecule has 1 N–H and O–H groups in total. The van der Waals surface area contributed by atoms with Crippen LogP contribution in [0.3, 0.4) is 0 Å². The molecule has 4 aromatic heterocycles. The maximum Gasteiger partial charge on any atom is 0.245 e. The number of aromatic nitrogens is 5. The van der Waals surface area contributed by atoms with Crippen LogP contribution >= 0.6 is 11.3 Å². The number of nitrogens with one attached hydrogen (secondary N) is 1. The van der Waals surface area contributed by atoms with E-state index in [1.165, 1.54) is 11.3 Å². The van der Waals surface area contributed by atoms with E-state index in [4.69, 9.17) is 4.98 Å². The van der Waals surface area contributed by atoms with Crippen LogP contribution in [0.5, 0.6) is 0 Å². The summed E-state index contributed by atoms with van der Waals surface area (Å²) in [6, 6.07) is 10.3. The lowest BCUT2D eigenvalue weighted by molar-refractivity contribution is -0.132. The topological polar surface area (TPSA) is 145 Å². The summed E-state index contributed by atoms with van der Waals surface area (Å²) in [5.74, 6) is -0.0826. The Bertz CT molecular complexity index is 1790. The van der Waals surface area contributed by atoms with Crippen molar-refractivity contribution in [2.24, 2.45) is 4.36 Å². The molecule has 4 aromatic rings. The Kier molecular flexibility index (Phi) is 6.87. The zero-order valence-corrected chi connectivity index (χ0v) is 24.8. The summed E-state index contributed by atoms with van der Waals surface area (Å²) in [6.07, 6.45) is 7.44. The molecule has 2 unspecified atom stereocenters. The van der Waals surface area contributed by atoms with Gasteiger partial charge < -0.3 is 15.1 Å². The summed E-state index contributed by atoms with van der Waals surface area (Å²) < 4.78 is 17.7. The van der Waals surface area contributed by atoms with Crippen molar-refractivity contribution in [3.05, 3.63) is 42.2 Å². The second-order valence-corrected chi connectivity index (χ2v) is 14.5. The summed E-state index contributed by atoms with van der Waals surface area (Å²) in [7, 11) is -2.30. The molecule has 6 heterocycles. The van der Waals surface area contributed by atoms with Gasteiger partial charge in [0.05, 0.1) is 46.3 Å². The van der Waals surface area contributed by atoms with Gasteiger partial charge in [0.2, 0.25) is 11.0 Å². The molecule has 0 spiro atoms. The largest absolute Gasteiger partial charge is 0.382 e. The zero-order valence-electron chi connectivity index (χ0n) is 23.2. The molecule has 2 aliphatic heterocycles. The fraction of sp³-hybridized carbons (Fsp3) is 0.407. The SMILES string of the molecule is CC(C)Nc1cc(-c2ccc3cc(C#N)cnn23)ncc1-c1nnc(N2C3CC2CN(C(=O)CN=S(C)(C)=O)C3)s1.